The minimum atomic E-state index is 0. The molecule has 0 aliphatic heterocycles. The Balaban J connectivity index is 0.00000121. The summed E-state index contributed by atoms with van der Waals surface area (Å²) in [5.74, 6) is 0.293. The molecular formula is C9H12NNaO. The van der Waals surface area contributed by atoms with E-state index in [4.69, 9.17) is 0 Å². The van der Waals surface area contributed by atoms with Gasteiger partial charge in [0.05, 0.1) is 0 Å². The monoisotopic (exact) mass is 173 g/mol. The van der Waals surface area contributed by atoms with Gasteiger partial charge in [-0.25, -0.2) is 0 Å². The first-order valence-corrected chi connectivity index (χ1v) is 3.68. The first-order valence-electron chi connectivity index (χ1n) is 3.68. The van der Waals surface area contributed by atoms with Gasteiger partial charge >= 0.3 is 29.6 Å². The van der Waals surface area contributed by atoms with Crippen molar-refractivity contribution < 1.29 is 4.79 Å². The van der Waals surface area contributed by atoms with Crippen LogP contribution in [0.25, 0.3) is 0 Å². The zero-order valence-electron chi connectivity index (χ0n) is 6.53. The molecule has 1 unspecified atom stereocenters. The average Bonchev–Trinajstić information content (AvgIpc) is 2.07. The number of carbonyl (C=O) groups excluding carboxylic acids is 1. The number of aldehydes is 1. The molecule has 0 spiro atoms. The summed E-state index contributed by atoms with van der Waals surface area (Å²) in [5.41, 5.74) is 1.12. The van der Waals surface area contributed by atoms with Crippen LogP contribution in [-0.2, 0) is 4.79 Å². The van der Waals surface area contributed by atoms with Gasteiger partial charge in [0.1, 0.15) is 6.29 Å². The first kappa shape index (κ1) is 11.8. The first-order chi connectivity index (χ1) is 5.34. The molecule has 0 aromatic carbocycles. The minimum absolute atomic E-state index is 0. The van der Waals surface area contributed by atoms with E-state index in [1.54, 1.807) is 12.4 Å². The van der Waals surface area contributed by atoms with Gasteiger partial charge in [-0.3, -0.25) is 4.98 Å². The van der Waals surface area contributed by atoms with Crippen LogP contribution in [0.1, 0.15) is 24.8 Å². The zero-order chi connectivity index (χ0) is 8.10. The van der Waals surface area contributed by atoms with Gasteiger partial charge in [0.2, 0.25) is 0 Å². The van der Waals surface area contributed by atoms with Crippen LogP contribution in [0.5, 0.6) is 0 Å². The van der Waals surface area contributed by atoms with Crippen LogP contribution in [0, 0.1) is 0 Å². The van der Waals surface area contributed by atoms with E-state index in [0.29, 0.717) is 12.3 Å². The quantitative estimate of drug-likeness (QED) is 0.506. The van der Waals surface area contributed by atoms with Gasteiger partial charge in [-0.05, 0) is 17.5 Å². The van der Waals surface area contributed by atoms with Gasteiger partial charge in [-0.15, -0.1) is 0 Å². The molecule has 3 heteroatoms. The molecule has 0 aliphatic carbocycles. The molecule has 0 amide bonds. The normalized spacial score (nSPS) is 11.4. The number of rotatable bonds is 3. The Morgan fingerprint density at radius 1 is 1.67 bits per heavy atom. The number of hydrogen-bond acceptors (Lipinski definition) is 2. The molecule has 1 heterocycles. The fourth-order valence-corrected chi connectivity index (χ4v) is 0.948. The topological polar surface area (TPSA) is 30.0 Å². The Bertz CT molecular complexity index is 225. The Morgan fingerprint density at radius 2 is 2.42 bits per heavy atom. The van der Waals surface area contributed by atoms with E-state index in [2.05, 4.69) is 4.98 Å². The predicted octanol–water partition coefficient (Wildman–Crippen LogP) is 1.13. The standard InChI is InChI=1S/C9H11NO.Na.H/c1-8(4-6-11)9-3-2-5-10-7-9;;/h2-3,5-8H,4H2,1H3;;. The van der Waals surface area contributed by atoms with Crippen LogP contribution < -0.4 is 0 Å². The molecule has 0 aliphatic rings. The van der Waals surface area contributed by atoms with Crippen molar-refractivity contribution in [2.45, 2.75) is 19.3 Å². The van der Waals surface area contributed by atoms with E-state index in [-0.39, 0.29) is 29.6 Å². The Hall–Kier alpha value is -0.180. The van der Waals surface area contributed by atoms with Crippen molar-refractivity contribution in [3.63, 3.8) is 0 Å². The van der Waals surface area contributed by atoms with E-state index in [9.17, 15) is 4.79 Å². The van der Waals surface area contributed by atoms with Crippen LogP contribution in [0.15, 0.2) is 24.5 Å². The second kappa shape index (κ2) is 6.35. The molecule has 1 rings (SSSR count). The Kier molecular flexibility index (Phi) is 6.25. The number of nitrogens with zero attached hydrogens (tertiary/aromatic N) is 1. The van der Waals surface area contributed by atoms with E-state index < -0.39 is 0 Å². The van der Waals surface area contributed by atoms with Crippen molar-refractivity contribution in [2.75, 3.05) is 0 Å². The predicted molar refractivity (Wildman–Crippen MR) is 50.5 cm³/mol. The zero-order valence-corrected chi connectivity index (χ0v) is 6.53. The van der Waals surface area contributed by atoms with Crippen LogP contribution in [0.4, 0.5) is 0 Å². The number of pyridine rings is 1. The molecule has 12 heavy (non-hydrogen) atoms. The summed E-state index contributed by atoms with van der Waals surface area (Å²) in [5, 5.41) is 0. The van der Waals surface area contributed by atoms with Gasteiger partial charge in [-0.1, -0.05) is 13.0 Å². The van der Waals surface area contributed by atoms with Crippen LogP contribution in [0.2, 0.25) is 0 Å². The second-order valence-corrected chi connectivity index (χ2v) is 2.59. The van der Waals surface area contributed by atoms with Crippen molar-refractivity contribution in [1.29, 1.82) is 0 Å². The summed E-state index contributed by atoms with van der Waals surface area (Å²) < 4.78 is 0. The van der Waals surface area contributed by atoms with Crippen molar-refractivity contribution in [3.8, 4) is 0 Å². The van der Waals surface area contributed by atoms with Crippen molar-refractivity contribution >= 4 is 35.8 Å². The molecule has 0 radical (unpaired) electrons. The van der Waals surface area contributed by atoms with E-state index in [0.717, 1.165) is 11.8 Å². The molecule has 0 saturated heterocycles. The SMILES string of the molecule is CC(CC=O)c1cccnc1.[NaH]. The summed E-state index contributed by atoms with van der Waals surface area (Å²) in [6.07, 6.45) is 5.05. The molecule has 60 valence electrons. The summed E-state index contributed by atoms with van der Waals surface area (Å²) in [6.45, 7) is 2.02. The fourth-order valence-electron chi connectivity index (χ4n) is 0.948. The molecule has 0 fully saturated rings. The third-order valence-electron chi connectivity index (χ3n) is 1.70. The molecule has 1 atom stereocenters. The maximum atomic E-state index is 10.2. The van der Waals surface area contributed by atoms with E-state index >= 15 is 0 Å². The molecule has 1 aromatic heterocycles. The van der Waals surface area contributed by atoms with Gasteiger partial charge in [0.15, 0.2) is 0 Å². The summed E-state index contributed by atoms with van der Waals surface area (Å²) in [4.78, 5) is 14.1. The number of hydrogen-bond donors (Lipinski definition) is 0. The molecule has 0 saturated carbocycles. The molecular weight excluding hydrogens is 161 g/mol. The third-order valence-corrected chi connectivity index (χ3v) is 1.70. The molecule has 2 nitrogen and oxygen atoms in total. The molecule has 0 bridgehead atoms. The summed E-state index contributed by atoms with van der Waals surface area (Å²) in [7, 11) is 0. The Morgan fingerprint density at radius 3 is 2.92 bits per heavy atom. The van der Waals surface area contributed by atoms with Gasteiger partial charge in [0, 0.05) is 18.8 Å². The summed E-state index contributed by atoms with van der Waals surface area (Å²) >= 11 is 0. The molecule has 1 aromatic rings. The number of carbonyl (C=O) groups is 1. The third kappa shape index (κ3) is 3.48. The van der Waals surface area contributed by atoms with Crippen LogP contribution in [0.3, 0.4) is 0 Å². The van der Waals surface area contributed by atoms with Gasteiger partial charge in [0.25, 0.3) is 0 Å². The fraction of sp³-hybridized carbons (Fsp3) is 0.333. The Labute approximate surface area is 94.7 Å². The van der Waals surface area contributed by atoms with Crippen molar-refractivity contribution in [2.24, 2.45) is 0 Å². The van der Waals surface area contributed by atoms with Crippen LogP contribution in [-0.4, -0.2) is 40.8 Å². The maximum absolute atomic E-state index is 10.2. The number of aromatic nitrogens is 1. The van der Waals surface area contributed by atoms with Gasteiger partial charge < -0.3 is 4.79 Å². The van der Waals surface area contributed by atoms with E-state index in [1.165, 1.54) is 0 Å². The van der Waals surface area contributed by atoms with Crippen molar-refractivity contribution in [1.82, 2.24) is 4.98 Å². The summed E-state index contributed by atoms with van der Waals surface area (Å²) in [6, 6.07) is 3.87. The average molecular weight is 173 g/mol. The van der Waals surface area contributed by atoms with Crippen molar-refractivity contribution in [3.05, 3.63) is 30.1 Å². The van der Waals surface area contributed by atoms with E-state index in [1.807, 2.05) is 19.1 Å². The van der Waals surface area contributed by atoms with Crippen LogP contribution >= 0.6 is 0 Å². The second-order valence-electron chi connectivity index (χ2n) is 2.59. The van der Waals surface area contributed by atoms with Gasteiger partial charge in [-0.2, -0.15) is 0 Å². The molecule has 0 N–H and O–H groups in total.